The fraction of sp³-hybridized carbons (Fsp3) is 0.462. The molecule has 0 saturated heterocycles. The number of amides is 1. The van der Waals surface area contributed by atoms with Crippen molar-refractivity contribution in [2.75, 3.05) is 18.6 Å². The van der Waals surface area contributed by atoms with Crippen molar-refractivity contribution < 1.29 is 14.3 Å². The van der Waals surface area contributed by atoms with Gasteiger partial charge in [-0.25, -0.2) is 4.39 Å². The van der Waals surface area contributed by atoms with Crippen LogP contribution >= 0.6 is 23.4 Å². The topological polar surface area (TPSA) is 49.3 Å². The lowest BCUT2D eigenvalue weighted by atomic mass is 10.0. The van der Waals surface area contributed by atoms with Crippen molar-refractivity contribution in [2.24, 2.45) is 0 Å². The summed E-state index contributed by atoms with van der Waals surface area (Å²) in [7, 11) is 0. The molecule has 0 fully saturated rings. The second-order valence-electron chi connectivity index (χ2n) is 4.52. The highest BCUT2D eigenvalue weighted by molar-refractivity contribution is 7.98. The summed E-state index contributed by atoms with van der Waals surface area (Å²) in [6.07, 6.45) is 2.48. The van der Waals surface area contributed by atoms with Crippen LogP contribution in [0.4, 0.5) is 4.39 Å². The van der Waals surface area contributed by atoms with Gasteiger partial charge in [0.15, 0.2) is 0 Å². The van der Waals surface area contributed by atoms with Crippen LogP contribution in [0.2, 0.25) is 5.02 Å². The van der Waals surface area contributed by atoms with Crippen molar-refractivity contribution in [3.8, 4) is 0 Å². The Balaban J connectivity index is 2.66. The van der Waals surface area contributed by atoms with E-state index in [1.807, 2.05) is 6.26 Å². The molecule has 1 aromatic rings. The number of carbonyl (C=O) groups is 1. The molecule has 0 unspecified atom stereocenters. The smallest absolute Gasteiger partial charge is 0.255 e. The largest absolute Gasteiger partial charge is 0.388 e. The van der Waals surface area contributed by atoms with E-state index in [1.165, 1.54) is 18.2 Å². The maximum atomic E-state index is 13.5. The van der Waals surface area contributed by atoms with Gasteiger partial charge in [-0.05, 0) is 37.5 Å². The molecule has 0 saturated carbocycles. The molecule has 6 heteroatoms. The van der Waals surface area contributed by atoms with E-state index in [0.29, 0.717) is 6.42 Å². The third-order valence-electron chi connectivity index (χ3n) is 2.66. The summed E-state index contributed by atoms with van der Waals surface area (Å²) in [5.41, 5.74) is -1.21. The first-order chi connectivity index (χ1) is 8.87. The van der Waals surface area contributed by atoms with Crippen LogP contribution in [0.3, 0.4) is 0 Å². The molecule has 2 N–H and O–H groups in total. The zero-order chi connectivity index (χ0) is 14.5. The molecular weight excluding hydrogens is 289 g/mol. The highest BCUT2D eigenvalue weighted by Crippen LogP contribution is 2.19. The van der Waals surface area contributed by atoms with E-state index < -0.39 is 17.3 Å². The van der Waals surface area contributed by atoms with E-state index in [9.17, 15) is 14.3 Å². The molecule has 0 aliphatic rings. The van der Waals surface area contributed by atoms with Gasteiger partial charge in [-0.3, -0.25) is 4.79 Å². The van der Waals surface area contributed by atoms with Gasteiger partial charge in [0.2, 0.25) is 0 Å². The molecule has 106 valence electrons. The lowest BCUT2D eigenvalue weighted by Crippen LogP contribution is -2.41. The van der Waals surface area contributed by atoms with Gasteiger partial charge >= 0.3 is 0 Å². The summed E-state index contributed by atoms with van der Waals surface area (Å²) in [5.74, 6) is -0.509. The van der Waals surface area contributed by atoms with Gasteiger partial charge in [-0.1, -0.05) is 17.7 Å². The fourth-order valence-corrected chi connectivity index (χ4v) is 2.38. The first-order valence-electron chi connectivity index (χ1n) is 5.81. The van der Waals surface area contributed by atoms with E-state index in [4.69, 9.17) is 11.6 Å². The standard InChI is InChI=1S/C13H17ClFNO2S/c1-13(18,6-7-19-2)8-16-12(17)11-9(14)4-3-5-10(11)15/h3-5,18H,6-8H2,1-2H3,(H,16,17)/t13-/m1/s1. The summed E-state index contributed by atoms with van der Waals surface area (Å²) < 4.78 is 13.5. The van der Waals surface area contributed by atoms with Gasteiger partial charge in [0.05, 0.1) is 16.2 Å². The van der Waals surface area contributed by atoms with Crippen LogP contribution in [0.15, 0.2) is 18.2 Å². The molecule has 1 amide bonds. The predicted octanol–water partition coefficient (Wildman–Crippen LogP) is 2.71. The normalized spacial score (nSPS) is 13.9. The van der Waals surface area contributed by atoms with E-state index in [0.717, 1.165) is 5.75 Å². The molecular formula is C13H17ClFNO2S. The van der Waals surface area contributed by atoms with Gasteiger partial charge < -0.3 is 10.4 Å². The summed E-state index contributed by atoms with van der Waals surface area (Å²) in [4.78, 5) is 11.9. The average Bonchev–Trinajstić information content (AvgIpc) is 2.34. The lowest BCUT2D eigenvalue weighted by Gasteiger charge is -2.23. The van der Waals surface area contributed by atoms with Crippen molar-refractivity contribution >= 4 is 29.3 Å². The van der Waals surface area contributed by atoms with Gasteiger partial charge in [-0.2, -0.15) is 11.8 Å². The van der Waals surface area contributed by atoms with Crippen LogP contribution in [0.25, 0.3) is 0 Å². The van der Waals surface area contributed by atoms with Crippen molar-refractivity contribution in [3.63, 3.8) is 0 Å². The zero-order valence-corrected chi connectivity index (χ0v) is 12.4. The third kappa shape index (κ3) is 5.01. The summed E-state index contributed by atoms with van der Waals surface area (Å²) >= 11 is 7.40. The molecule has 0 aliphatic carbocycles. The van der Waals surface area contributed by atoms with E-state index in [2.05, 4.69) is 5.32 Å². The van der Waals surface area contributed by atoms with Crippen LogP contribution in [0, 0.1) is 5.82 Å². The Hall–Kier alpha value is -0.780. The van der Waals surface area contributed by atoms with Crippen molar-refractivity contribution in [1.82, 2.24) is 5.32 Å². The van der Waals surface area contributed by atoms with E-state index in [1.54, 1.807) is 18.7 Å². The molecule has 19 heavy (non-hydrogen) atoms. The van der Waals surface area contributed by atoms with Crippen molar-refractivity contribution in [3.05, 3.63) is 34.6 Å². The first-order valence-corrected chi connectivity index (χ1v) is 7.58. The second kappa shape index (κ2) is 7.12. The van der Waals surface area contributed by atoms with Crippen LogP contribution in [-0.4, -0.2) is 35.2 Å². The molecule has 0 radical (unpaired) electrons. The Bertz CT molecular complexity index is 434. The minimum Gasteiger partial charge on any atom is -0.388 e. The molecule has 3 nitrogen and oxygen atoms in total. The van der Waals surface area contributed by atoms with Crippen molar-refractivity contribution in [1.29, 1.82) is 0 Å². The maximum absolute atomic E-state index is 13.5. The Morgan fingerprint density at radius 1 is 1.58 bits per heavy atom. The minimum absolute atomic E-state index is 0.0526. The highest BCUT2D eigenvalue weighted by Gasteiger charge is 2.22. The molecule has 0 bridgehead atoms. The first kappa shape index (κ1) is 16.3. The molecule has 1 rings (SSSR count). The van der Waals surface area contributed by atoms with Crippen LogP contribution in [-0.2, 0) is 0 Å². The molecule has 0 aliphatic heterocycles. The quantitative estimate of drug-likeness (QED) is 0.849. The SMILES string of the molecule is CSCC[C@@](C)(O)CNC(=O)c1c(F)cccc1Cl. The summed E-state index contributed by atoms with van der Waals surface area (Å²) in [6.45, 7) is 1.68. The van der Waals surface area contributed by atoms with Crippen molar-refractivity contribution in [2.45, 2.75) is 18.9 Å². The van der Waals surface area contributed by atoms with E-state index in [-0.39, 0.29) is 17.1 Å². The number of rotatable bonds is 6. The Kier molecular flexibility index (Phi) is 6.10. The molecule has 1 atom stereocenters. The number of carbonyl (C=O) groups excluding carboxylic acids is 1. The number of benzene rings is 1. The number of nitrogens with one attached hydrogen (secondary N) is 1. The Morgan fingerprint density at radius 2 is 2.26 bits per heavy atom. The molecule has 1 aromatic carbocycles. The van der Waals surface area contributed by atoms with Gasteiger partial charge in [0, 0.05) is 6.54 Å². The van der Waals surface area contributed by atoms with E-state index >= 15 is 0 Å². The number of halogens is 2. The molecule has 0 heterocycles. The fourth-order valence-electron chi connectivity index (χ4n) is 1.48. The monoisotopic (exact) mass is 305 g/mol. The zero-order valence-electron chi connectivity index (χ0n) is 10.9. The van der Waals surface area contributed by atoms with Crippen LogP contribution in [0.5, 0.6) is 0 Å². The van der Waals surface area contributed by atoms with Gasteiger partial charge in [-0.15, -0.1) is 0 Å². The molecule has 0 aromatic heterocycles. The van der Waals surface area contributed by atoms with Gasteiger partial charge in [0.25, 0.3) is 5.91 Å². The Labute approximate surface area is 121 Å². The third-order valence-corrected chi connectivity index (χ3v) is 3.59. The summed E-state index contributed by atoms with van der Waals surface area (Å²) in [6, 6.07) is 4.06. The number of aliphatic hydroxyl groups is 1. The second-order valence-corrected chi connectivity index (χ2v) is 5.91. The van der Waals surface area contributed by atoms with Crippen LogP contribution < -0.4 is 5.32 Å². The average molecular weight is 306 g/mol. The maximum Gasteiger partial charge on any atom is 0.255 e. The Morgan fingerprint density at radius 3 is 2.84 bits per heavy atom. The van der Waals surface area contributed by atoms with Gasteiger partial charge in [0.1, 0.15) is 5.82 Å². The molecule has 0 spiro atoms. The lowest BCUT2D eigenvalue weighted by molar-refractivity contribution is 0.0527. The summed E-state index contributed by atoms with van der Waals surface area (Å²) in [5, 5.41) is 12.6. The number of hydrogen-bond donors (Lipinski definition) is 2. The highest BCUT2D eigenvalue weighted by atomic mass is 35.5. The number of thioether (sulfide) groups is 1. The predicted molar refractivity (Wildman–Crippen MR) is 77.4 cm³/mol. The minimum atomic E-state index is -1.02. The number of hydrogen-bond acceptors (Lipinski definition) is 3. The van der Waals surface area contributed by atoms with Crippen LogP contribution in [0.1, 0.15) is 23.7 Å².